The third kappa shape index (κ3) is 2.17. The summed E-state index contributed by atoms with van der Waals surface area (Å²) < 4.78 is 0. The average Bonchev–Trinajstić information content (AvgIpc) is 3.08. The van der Waals surface area contributed by atoms with Gasteiger partial charge >= 0.3 is 5.97 Å². The minimum atomic E-state index is -0.825. The van der Waals surface area contributed by atoms with Crippen LogP contribution in [-0.4, -0.2) is 72.0 Å². The highest BCUT2D eigenvalue weighted by atomic mass is 32.1. The Labute approximate surface area is 132 Å². The number of nitrogens with one attached hydrogen (secondary N) is 1. The Balaban J connectivity index is 1.84. The Bertz CT molecular complexity index is 632. The predicted octanol–water partition coefficient (Wildman–Crippen LogP) is 0.582. The van der Waals surface area contributed by atoms with Gasteiger partial charge in [-0.05, 0) is 14.0 Å². The maximum absolute atomic E-state index is 12.7. The van der Waals surface area contributed by atoms with Crippen molar-refractivity contribution in [3.05, 3.63) is 10.6 Å². The molecule has 2 atom stereocenters. The molecule has 0 aromatic carbocycles. The summed E-state index contributed by atoms with van der Waals surface area (Å²) in [5, 5.41) is 13.3. The zero-order chi connectivity index (χ0) is 16.1. The number of aromatic nitrogens is 1. The Kier molecular flexibility index (Phi) is 3.60. The minimum Gasteiger partial charge on any atom is -0.481 e. The second-order valence-corrected chi connectivity index (χ2v) is 7.22. The molecular formula is C14H20N4O3S. The summed E-state index contributed by atoms with van der Waals surface area (Å²) in [7, 11) is 3.70. The standard InChI is InChI=1S/C14H20N4O3S/c1-8-10(22-13(15-2)16-8)11(19)18-5-9-4-17(3)6-14(9,7-18)12(20)21/h9H,4-7H2,1-3H3,(H,15,16)(H,20,21)/t9-,14-/m1/s1. The van der Waals surface area contributed by atoms with Crippen LogP contribution >= 0.6 is 11.3 Å². The molecule has 2 aliphatic heterocycles. The van der Waals surface area contributed by atoms with Crippen molar-refractivity contribution < 1.29 is 14.7 Å². The molecule has 0 aliphatic carbocycles. The Morgan fingerprint density at radius 2 is 2.14 bits per heavy atom. The molecule has 7 nitrogen and oxygen atoms in total. The van der Waals surface area contributed by atoms with Crippen molar-refractivity contribution in [1.82, 2.24) is 14.8 Å². The maximum Gasteiger partial charge on any atom is 0.313 e. The van der Waals surface area contributed by atoms with Crippen molar-refractivity contribution in [2.75, 3.05) is 45.6 Å². The third-order valence-electron chi connectivity index (χ3n) is 4.70. The number of fused-ring (bicyclic) bond motifs is 1. The lowest BCUT2D eigenvalue weighted by molar-refractivity contribution is -0.148. The number of carbonyl (C=O) groups excluding carboxylic acids is 1. The molecule has 0 spiro atoms. The van der Waals surface area contributed by atoms with Gasteiger partial charge in [-0.3, -0.25) is 9.59 Å². The largest absolute Gasteiger partial charge is 0.481 e. The van der Waals surface area contributed by atoms with Crippen LogP contribution in [0.2, 0.25) is 0 Å². The summed E-state index contributed by atoms with van der Waals surface area (Å²) in [6.07, 6.45) is 0. The number of carbonyl (C=O) groups is 2. The van der Waals surface area contributed by atoms with E-state index in [4.69, 9.17) is 0 Å². The van der Waals surface area contributed by atoms with Gasteiger partial charge in [-0.15, -0.1) is 0 Å². The average molecular weight is 324 g/mol. The van der Waals surface area contributed by atoms with Crippen LogP contribution in [0, 0.1) is 18.3 Å². The molecule has 1 amide bonds. The van der Waals surface area contributed by atoms with Crippen LogP contribution < -0.4 is 5.32 Å². The monoisotopic (exact) mass is 324 g/mol. The number of amides is 1. The molecule has 2 aliphatic rings. The molecule has 0 bridgehead atoms. The molecule has 3 heterocycles. The number of nitrogens with zero attached hydrogens (tertiary/aromatic N) is 3. The lowest BCUT2D eigenvalue weighted by Crippen LogP contribution is -2.41. The fourth-order valence-electron chi connectivity index (χ4n) is 3.62. The molecule has 2 fully saturated rings. The quantitative estimate of drug-likeness (QED) is 0.846. The number of hydrogen-bond donors (Lipinski definition) is 2. The smallest absolute Gasteiger partial charge is 0.313 e. The van der Waals surface area contributed by atoms with Crippen LogP contribution in [0.25, 0.3) is 0 Å². The zero-order valence-corrected chi connectivity index (χ0v) is 13.7. The zero-order valence-electron chi connectivity index (χ0n) is 12.9. The van der Waals surface area contributed by atoms with Crippen molar-refractivity contribution in [2.45, 2.75) is 6.92 Å². The van der Waals surface area contributed by atoms with Crippen molar-refractivity contribution in [2.24, 2.45) is 11.3 Å². The van der Waals surface area contributed by atoms with Gasteiger partial charge in [-0.25, -0.2) is 4.98 Å². The van der Waals surface area contributed by atoms with Gasteiger partial charge < -0.3 is 20.2 Å². The fourth-order valence-corrected chi connectivity index (χ4v) is 4.51. The summed E-state index contributed by atoms with van der Waals surface area (Å²) in [6, 6.07) is 0. The first-order chi connectivity index (χ1) is 10.4. The van der Waals surface area contributed by atoms with Gasteiger partial charge in [0, 0.05) is 39.1 Å². The number of carboxylic acids is 1. The van der Waals surface area contributed by atoms with E-state index in [9.17, 15) is 14.7 Å². The lowest BCUT2D eigenvalue weighted by atomic mass is 9.81. The molecule has 1 aromatic rings. The minimum absolute atomic E-state index is 0.00375. The van der Waals surface area contributed by atoms with E-state index >= 15 is 0 Å². The van der Waals surface area contributed by atoms with Crippen molar-refractivity contribution in [1.29, 1.82) is 0 Å². The van der Waals surface area contributed by atoms with Crippen LogP contribution in [0.3, 0.4) is 0 Å². The van der Waals surface area contributed by atoms with Gasteiger partial charge in [0.1, 0.15) is 10.3 Å². The summed E-state index contributed by atoms with van der Waals surface area (Å²) >= 11 is 1.32. The fraction of sp³-hybridized carbons (Fsp3) is 0.643. The van der Waals surface area contributed by atoms with Crippen LogP contribution in [0.1, 0.15) is 15.4 Å². The van der Waals surface area contributed by atoms with E-state index in [2.05, 4.69) is 10.3 Å². The molecule has 0 unspecified atom stereocenters. The van der Waals surface area contributed by atoms with E-state index in [1.165, 1.54) is 11.3 Å². The van der Waals surface area contributed by atoms with Crippen LogP contribution in [-0.2, 0) is 4.79 Å². The number of anilines is 1. The van der Waals surface area contributed by atoms with E-state index in [0.29, 0.717) is 28.8 Å². The molecule has 2 saturated heterocycles. The second kappa shape index (κ2) is 5.20. The number of rotatable bonds is 3. The molecule has 2 N–H and O–H groups in total. The van der Waals surface area contributed by atoms with Gasteiger partial charge in [0.2, 0.25) is 0 Å². The van der Waals surface area contributed by atoms with Crippen LogP contribution in [0.4, 0.5) is 5.13 Å². The highest BCUT2D eigenvalue weighted by Gasteiger charge is 2.57. The first kappa shape index (κ1) is 15.2. The van der Waals surface area contributed by atoms with Crippen molar-refractivity contribution in [3.63, 3.8) is 0 Å². The number of likely N-dealkylation sites (tertiary alicyclic amines) is 2. The summed E-state index contributed by atoms with van der Waals surface area (Å²) in [5.74, 6) is -0.904. The van der Waals surface area contributed by atoms with Gasteiger partial charge in [0.15, 0.2) is 5.13 Å². The van der Waals surface area contributed by atoms with E-state index in [0.717, 1.165) is 6.54 Å². The number of aryl methyl sites for hydroxylation is 1. The van der Waals surface area contributed by atoms with E-state index in [-0.39, 0.29) is 18.4 Å². The van der Waals surface area contributed by atoms with Crippen LogP contribution in [0.5, 0.6) is 0 Å². The topological polar surface area (TPSA) is 85.8 Å². The molecule has 1 aromatic heterocycles. The van der Waals surface area contributed by atoms with Crippen molar-refractivity contribution >= 4 is 28.3 Å². The molecule has 120 valence electrons. The Morgan fingerprint density at radius 3 is 2.68 bits per heavy atom. The molecule has 0 radical (unpaired) electrons. The van der Waals surface area contributed by atoms with E-state index < -0.39 is 11.4 Å². The van der Waals surface area contributed by atoms with Gasteiger partial charge in [-0.1, -0.05) is 11.3 Å². The lowest BCUT2D eigenvalue weighted by Gasteiger charge is -2.23. The summed E-state index contributed by atoms with van der Waals surface area (Å²) in [5.41, 5.74) is -0.132. The molecule has 22 heavy (non-hydrogen) atoms. The number of hydrogen-bond acceptors (Lipinski definition) is 6. The first-order valence-electron chi connectivity index (χ1n) is 7.24. The van der Waals surface area contributed by atoms with Gasteiger partial charge in [-0.2, -0.15) is 0 Å². The number of thiazole rings is 1. The summed E-state index contributed by atoms with van der Waals surface area (Å²) in [6.45, 7) is 3.81. The highest BCUT2D eigenvalue weighted by Crippen LogP contribution is 2.43. The molecule has 0 saturated carbocycles. The molecule has 8 heteroatoms. The Morgan fingerprint density at radius 1 is 1.41 bits per heavy atom. The van der Waals surface area contributed by atoms with Crippen molar-refractivity contribution in [3.8, 4) is 0 Å². The normalized spacial score (nSPS) is 28.0. The Hall–Kier alpha value is -1.67. The molecular weight excluding hydrogens is 304 g/mol. The highest BCUT2D eigenvalue weighted by molar-refractivity contribution is 7.17. The number of carboxylic acid groups (broad SMARTS) is 1. The van der Waals surface area contributed by atoms with Gasteiger partial charge in [0.05, 0.1) is 5.69 Å². The predicted molar refractivity (Wildman–Crippen MR) is 83.4 cm³/mol. The van der Waals surface area contributed by atoms with Gasteiger partial charge in [0.25, 0.3) is 5.91 Å². The first-order valence-corrected chi connectivity index (χ1v) is 8.05. The van der Waals surface area contributed by atoms with E-state index in [1.807, 2.05) is 18.9 Å². The number of aliphatic carboxylic acids is 1. The SMILES string of the molecule is CNc1nc(C)c(C(=O)N2C[C@H]3CN(C)C[C@@]3(C(=O)O)C2)s1. The second-order valence-electron chi connectivity index (χ2n) is 6.22. The molecule has 3 rings (SSSR count). The third-order valence-corrected chi connectivity index (χ3v) is 5.86. The maximum atomic E-state index is 12.7. The van der Waals surface area contributed by atoms with E-state index in [1.54, 1.807) is 11.9 Å². The summed E-state index contributed by atoms with van der Waals surface area (Å²) in [4.78, 5) is 33.1. The van der Waals surface area contributed by atoms with Crippen LogP contribution in [0.15, 0.2) is 0 Å².